The summed E-state index contributed by atoms with van der Waals surface area (Å²) in [6.45, 7) is 5.55. The normalized spacial score (nSPS) is 11.0. The van der Waals surface area contributed by atoms with Gasteiger partial charge in [0.05, 0.1) is 11.1 Å². The van der Waals surface area contributed by atoms with Gasteiger partial charge in [-0.05, 0) is 57.2 Å². The van der Waals surface area contributed by atoms with Gasteiger partial charge in [-0.2, -0.15) is 5.10 Å². The van der Waals surface area contributed by atoms with Gasteiger partial charge < -0.3 is 4.57 Å². The number of amides is 1. The highest BCUT2D eigenvalue weighted by Gasteiger charge is 2.15. The molecule has 29 heavy (non-hydrogen) atoms. The number of aromatic nitrogens is 1. The number of benzene rings is 2. The molecule has 0 atom stereocenters. The molecule has 0 aliphatic carbocycles. The van der Waals surface area contributed by atoms with Crippen molar-refractivity contribution in [3.05, 3.63) is 91.7 Å². The van der Waals surface area contributed by atoms with Crippen LogP contribution in [-0.2, 0) is 0 Å². The molecular weight excluding hydrogens is 392 g/mol. The molecule has 8 heteroatoms. The second-order valence-electron chi connectivity index (χ2n) is 6.60. The summed E-state index contributed by atoms with van der Waals surface area (Å²) in [6.07, 6.45) is 1.55. The third-order valence-corrected chi connectivity index (χ3v) is 4.84. The molecule has 0 saturated carbocycles. The molecule has 1 aromatic heterocycles. The SMILES string of the molecule is Cc1ccc(C(=O)N/N=C\c2cc(C)n(-c3ccc(Cl)cc3)c2C)cc1[N+](=O)[O-]. The van der Waals surface area contributed by atoms with E-state index in [-0.39, 0.29) is 11.3 Å². The van der Waals surface area contributed by atoms with Gasteiger partial charge in [0.2, 0.25) is 0 Å². The minimum absolute atomic E-state index is 0.104. The molecular formula is C21H19ClN4O3. The van der Waals surface area contributed by atoms with Crippen LogP contribution >= 0.6 is 11.6 Å². The van der Waals surface area contributed by atoms with E-state index in [1.54, 1.807) is 13.1 Å². The van der Waals surface area contributed by atoms with Crippen molar-refractivity contribution < 1.29 is 9.72 Å². The molecule has 1 amide bonds. The molecule has 0 saturated heterocycles. The van der Waals surface area contributed by atoms with Gasteiger partial charge in [0.25, 0.3) is 11.6 Å². The lowest BCUT2D eigenvalue weighted by Crippen LogP contribution is -2.18. The monoisotopic (exact) mass is 410 g/mol. The van der Waals surface area contributed by atoms with Crippen LogP contribution in [0.2, 0.25) is 5.02 Å². The van der Waals surface area contributed by atoms with Gasteiger partial charge in [-0.15, -0.1) is 0 Å². The fraction of sp³-hybridized carbons (Fsp3) is 0.143. The first-order valence-electron chi connectivity index (χ1n) is 8.81. The first-order valence-corrected chi connectivity index (χ1v) is 9.19. The van der Waals surface area contributed by atoms with Crippen LogP contribution in [0.25, 0.3) is 5.69 Å². The number of aryl methyl sites for hydroxylation is 2. The smallest absolute Gasteiger partial charge is 0.273 e. The zero-order valence-electron chi connectivity index (χ0n) is 16.1. The van der Waals surface area contributed by atoms with E-state index in [4.69, 9.17) is 11.6 Å². The van der Waals surface area contributed by atoms with Gasteiger partial charge in [-0.25, -0.2) is 5.43 Å². The molecule has 7 nitrogen and oxygen atoms in total. The van der Waals surface area contributed by atoms with E-state index >= 15 is 0 Å². The molecule has 0 bridgehead atoms. The van der Waals surface area contributed by atoms with Crippen molar-refractivity contribution in [1.29, 1.82) is 0 Å². The van der Waals surface area contributed by atoms with E-state index in [0.29, 0.717) is 10.6 Å². The van der Waals surface area contributed by atoms with Crippen molar-refractivity contribution in [3.8, 4) is 5.69 Å². The summed E-state index contributed by atoms with van der Waals surface area (Å²) in [5.41, 5.74) is 6.75. The molecule has 3 rings (SSSR count). The fourth-order valence-corrected chi connectivity index (χ4v) is 3.20. The van der Waals surface area contributed by atoms with Gasteiger partial charge in [0, 0.05) is 44.9 Å². The number of nitrogens with zero attached hydrogens (tertiary/aromatic N) is 3. The molecule has 0 aliphatic rings. The van der Waals surface area contributed by atoms with Crippen molar-refractivity contribution in [3.63, 3.8) is 0 Å². The van der Waals surface area contributed by atoms with Gasteiger partial charge >= 0.3 is 0 Å². The Labute approximate surface area is 172 Å². The second kappa shape index (κ2) is 8.28. The second-order valence-corrected chi connectivity index (χ2v) is 7.03. The lowest BCUT2D eigenvalue weighted by Gasteiger charge is -2.09. The van der Waals surface area contributed by atoms with E-state index in [1.807, 2.05) is 44.2 Å². The van der Waals surface area contributed by atoms with Crippen LogP contribution in [0.15, 0.2) is 53.6 Å². The Bertz CT molecular complexity index is 1120. The molecule has 0 spiro atoms. The summed E-state index contributed by atoms with van der Waals surface area (Å²) in [4.78, 5) is 22.8. The summed E-state index contributed by atoms with van der Waals surface area (Å²) >= 11 is 5.96. The molecule has 3 aromatic rings. The van der Waals surface area contributed by atoms with Crippen LogP contribution in [0.5, 0.6) is 0 Å². The number of carbonyl (C=O) groups is 1. The van der Waals surface area contributed by atoms with E-state index in [9.17, 15) is 14.9 Å². The van der Waals surface area contributed by atoms with Crippen molar-refractivity contribution in [2.75, 3.05) is 0 Å². The van der Waals surface area contributed by atoms with Gasteiger partial charge in [-0.1, -0.05) is 17.7 Å². The maximum Gasteiger partial charge on any atom is 0.273 e. The number of halogens is 1. The Morgan fingerprint density at radius 3 is 2.48 bits per heavy atom. The molecule has 148 valence electrons. The van der Waals surface area contributed by atoms with E-state index in [2.05, 4.69) is 15.1 Å². The summed E-state index contributed by atoms with van der Waals surface area (Å²) in [5.74, 6) is -0.518. The van der Waals surface area contributed by atoms with Crippen LogP contribution in [0.1, 0.15) is 32.9 Å². The number of nitro groups is 1. The largest absolute Gasteiger partial charge is 0.318 e. The lowest BCUT2D eigenvalue weighted by molar-refractivity contribution is -0.385. The van der Waals surface area contributed by atoms with Gasteiger partial charge in [0.15, 0.2) is 0 Å². The molecule has 0 fully saturated rings. The Balaban J connectivity index is 1.78. The minimum atomic E-state index is -0.518. The Morgan fingerprint density at radius 2 is 1.83 bits per heavy atom. The topological polar surface area (TPSA) is 89.5 Å². The summed E-state index contributed by atoms with van der Waals surface area (Å²) < 4.78 is 2.06. The first kappa shape index (κ1) is 20.3. The Morgan fingerprint density at radius 1 is 1.14 bits per heavy atom. The third kappa shape index (κ3) is 4.35. The van der Waals surface area contributed by atoms with Crippen molar-refractivity contribution in [2.24, 2.45) is 5.10 Å². The van der Waals surface area contributed by atoms with Gasteiger partial charge in [-0.3, -0.25) is 14.9 Å². The van der Waals surface area contributed by atoms with Crippen molar-refractivity contribution in [1.82, 2.24) is 9.99 Å². The van der Waals surface area contributed by atoms with Crippen LogP contribution in [0, 0.1) is 30.9 Å². The van der Waals surface area contributed by atoms with Crippen LogP contribution in [0.4, 0.5) is 5.69 Å². The molecule has 2 aromatic carbocycles. The zero-order valence-corrected chi connectivity index (χ0v) is 16.9. The maximum absolute atomic E-state index is 12.3. The molecule has 1 N–H and O–H groups in total. The van der Waals surface area contributed by atoms with E-state index < -0.39 is 10.8 Å². The number of nitrogens with one attached hydrogen (secondary N) is 1. The average molecular weight is 411 g/mol. The highest BCUT2D eigenvalue weighted by molar-refractivity contribution is 6.30. The number of carbonyl (C=O) groups excluding carboxylic acids is 1. The fourth-order valence-electron chi connectivity index (χ4n) is 3.08. The number of hydrogen-bond acceptors (Lipinski definition) is 4. The number of hydrogen-bond donors (Lipinski definition) is 1. The lowest BCUT2D eigenvalue weighted by atomic mass is 10.1. The van der Waals surface area contributed by atoms with Crippen molar-refractivity contribution >= 4 is 29.4 Å². The molecule has 1 heterocycles. The molecule has 0 aliphatic heterocycles. The van der Waals surface area contributed by atoms with Crippen molar-refractivity contribution in [2.45, 2.75) is 20.8 Å². The maximum atomic E-state index is 12.3. The highest BCUT2D eigenvalue weighted by Crippen LogP contribution is 2.22. The average Bonchev–Trinajstić information content (AvgIpc) is 2.96. The Hall–Kier alpha value is -3.45. The number of nitro benzene ring substituents is 1. The summed E-state index contributed by atoms with van der Waals surface area (Å²) in [6, 6.07) is 13.8. The Kier molecular flexibility index (Phi) is 5.79. The van der Waals surface area contributed by atoms with Gasteiger partial charge in [0.1, 0.15) is 0 Å². The predicted octanol–water partition coefficient (Wildman–Crippen LogP) is 4.73. The zero-order chi connectivity index (χ0) is 21.1. The first-order chi connectivity index (χ1) is 13.8. The summed E-state index contributed by atoms with van der Waals surface area (Å²) in [7, 11) is 0. The number of hydrazone groups is 1. The van der Waals surface area contributed by atoms with E-state index in [1.165, 1.54) is 18.2 Å². The van der Waals surface area contributed by atoms with Crippen LogP contribution < -0.4 is 5.43 Å². The van der Waals surface area contributed by atoms with Crippen LogP contribution in [0.3, 0.4) is 0 Å². The number of rotatable bonds is 5. The third-order valence-electron chi connectivity index (χ3n) is 4.59. The highest BCUT2D eigenvalue weighted by atomic mass is 35.5. The standard InChI is InChI=1S/C21H19ClN4O3/c1-13-4-5-16(11-20(13)26(28)29)21(27)24-23-12-17-10-14(2)25(15(17)3)19-8-6-18(22)7-9-19/h4-12H,1-3H3,(H,24,27)/b23-12-. The summed E-state index contributed by atoms with van der Waals surface area (Å²) in [5, 5.41) is 15.7. The molecule has 0 radical (unpaired) electrons. The minimum Gasteiger partial charge on any atom is -0.318 e. The quantitative estimate of drug-likeness (QED) is 0.374. The van der Waals surface area contributed by atoms with Crippen LogP contribution in [-0.4, -0.2) is 21.6 Å². The predicted molar refractivity (Wildman–Crippen MR) is 113 cm³/mol. The molecule has 0 unspecified atom stereocenters. The van der Waals surface area contributed by atoms with E-state index in [0.717, 1.165) is 22.6 Å².